The molecule has 0 atom stereocenters. The zero-order valence-corrected chi connectivity index (χ0v) is 10.0. The molecule has 0 saturated carbocycles. The van der Waals surface area contributed by atoms with Gasteiger partial charge in [0.15, 0.2) is 0 Å². The maximum atomic E-state index is 9.18. The molecule has 1 aromatic carbocycles. The van der Waals surface area contributed by atoms with E-state index in [4.69, 9.17) is 11.6 Å². The number of ether oxygens (including phenoxy) is 1. The molecule has 0 spiro atoms. The topological polar surface area (TPSA) is 42.1 Å². The summed E-state index contributed by atoms with van der Waals surface area (Å²) in [6.45, 7) is 4.69. The summed E-state index contributed by atoms with van der Waals surface area (Å²) in [6, 6.07) is 5.94. The van der Waals surface area contributed by atoms with E-state index < -0.39 is 0 Å². The number of nitrogens with one attached hydrogen (secondary N) is 1. The summed E-state index contributed by atoms with van der Waals surface area (Å²) < 4.78 is 4.15. The third kappa shape index (κ3) is 3.00. The third-order valence-corrected chi connectivity index (χ3v) is 2.58. The lowest BCUT2D eigenvalue weighted by Gasteiger charge is -1.97. The zero-order valence-electron chi connectivity index (χ0n) is 9.29. The highest BCUT2D eigenvalue weighted by Gasteiger charge is 2.00. The first kappa shape index (κ1) is 12.6. The molecule has 0 aliphatic heterocycles. The Morgan fingerprint density at radius 2 is 2.19 bits per heavy atom. The number of aromatic nitrogens is 1. The second kappa shape index (κ2) is 6.18. The van der Waals surface area contributed by atoms with Crippen molar-refractivity contribution in [2.24, 2.45) is 0 Å². The van der Waals surface area contributed by atoms with Gasteiger partial charge in [0.05, 0.1) is 6.61 Å². The maximum absolute atomic E-state index is 9.18. The van der Waals surface area contributed by atoms with Crippen LogP contribution in [-0.4, -0.2) is 18.1 Å². The van der Waals surface area contributed by atoms with Crippen molar-refractivity contribution in [2.75, 3.05) is 6.61 Å². The van der Waals surface area contributed by atoms with E-state index in [9.17, 15) is 4.79 Å². The van der Waals surface area contributed by atoms with Crippen LogP contribution in [0.5, 0.6) is 0 Å². The van der Waals surface area contributed by atoms with Crippen molar-refractivity contribution in [1.82, 2.24) is 4.98 Å². The van der Waals surface area contributed by atoms with E-state index in [0.717, 1.165) is 16.1 Å². The highest BCUT2D eigenvalue weighted by atomic mass is 35.5. The van der Waals surface area contributed by atoms with Gasteiger partial charge in [0.1, 0.15) is 0 Å². The van der Waals surface area contributed by atoms with Crippen molar-refractivity contribution in [2.45, 2.75) is 13.8 Å². The van der Waals surface area contributed by atoms with E-state index in [2.05, 4.69) is 9.72 Å². The van der Waals surface area contributed by atoms with Crippen molar-refractivity contribution in [3.05, 3.63) is 35.0 Å². The Balaban J connectivity index is 0.000000221. The number of hydrogen-bond acceptors (Lipinski definition) is 2. The molecule has 0 amide bonds. The van der Waals surface area contributed by atoms with Crippen LogP contribution < -0.4 is 0 Å². The zero-order chi connectivity index (χ0) is 12.0. The summed E-state index contributed by atoms with van der Waals surface area (Å²) in [5.74, 6) is 0. The van der Waals surface area contributed by atoms with E-state index in [-0.39, 0.29) is 0 Å². The van der Waals surface area contributed by atoms with E-state index in [1.165, 1.54) is 5.39 Å². The lowest BCUT2D eigenvalue weighted by molar-refractivity contribution is -0.128. The number of fused-ring (bicyclic) bond motifs is 1. The molecular weight excluding hydrogens is 226 g/mol. The van der Waals surface area contributed by atoms with Gasteiger partial charge in [-0.05, 0) is 37.6 Å². The molecule has 2 aromatic rings. The van der Waals surface area contributed by atoms with E-state index in [0.29, 0.717) is 13.1 Å². The van der Waals surface area contributed by atoms with Crippen LogP contribution >= 0.6 is 11.6 Å². The minimum absolute atomic E-state index is 0.431. The Kier molecular flexibility index (Phi) is 4.86. The molecule has 0 aliphatic carbocycles. The van der Waals surface area contributed by atoms with Gasteiger partial charge in [0, 0.05) is 22.1 Å². The molecule has 3 nitrogen and oxygen atoms in total. The van der Waals surface area contributed by atoms with Gasteiger partial charge in [-0.3, -0.25) is 4.79 Å². The fraction of sp³-hybridized carbons (Fsp3) is 0.250. The first-order valence-corrected chi connectivity index (χ1v) is 5.36. The Bertz CT molecular complexity index is 465. The number of carbonyl (C=O) groups is 1. The quantitative estimate of drug-likeness (QED) is 0.817. The molecule has 2 rings (SSSR count). The molecule has 1 aromatic heterocycles. The highest BCUT2D eigenvalue weighted by Crippen LogP contribution is 2.23. The highest BCUT2D eigenvalue weighted by molar-refractivity contribution is 6.32. The van der Waals surface area contributed by atoms with Gasteiger partial charge in [-0.15, -0.1) is 0 Å². The summed E-state index contributed by atoms with van der Waals surface area (Å²) in [5.41, 5.74) is 2.29. The summed E-state index contributed by atoms with van der Waals surface area (Å²) in [4.78, 5) is 12.3. The average molecular weight is 240 g/mol. The monoisotopic (exact) mass is 239 g/mol. The van der Waals surface area contributed by atoms with Crippen LogP contribution in [0.25, 0.3) is 10.9 Å². The molecule has 0 radical (unpaired) electrons. The summed E-state index contributed by atoms with van der Waals surface area (Å²) >= 11 is 5.93. The Hall–Kier alpha value is -1.48. The predicted octanol–water partition coefficient (Wildman–Crippen LogP) is 3.31. The lowest BCUT2D eigenvalue weighted by atomic mass is 10.1. The molecule has 0 bridgehead atoms. The molecule has 0 fully saturated rings. The molecule has 16 heavy (non-hydrogen) atoms. The Morgan fingerprint density at radius 1 is 1.44 bits per heavy atom. The normalized spacial score (nSPS) is 9.44. The number of aryl methyl sites for hydroxylation is 1. The molecule has 0 unspecified atom stereocenters. The molecule has 0 saturated heterocycles. The van der Waals surface area contributed by atoms with Gasteiger partial charge in [-0.25, -0.2) is 0 Å². The summed E-state index contributed by atoms with van der Waals surface area (Å²) in [5, 5.41) is 2.04. The number of hydrogen-bond donors (Lipinski definition) is 1. The second-order valence-electron chi connectivity index (χ2n) is 3.16. The molecule has 1 N–H and O–H groups in total. The Labute approximate surface area is 99.4 Å². The van der Waals surface area contributed by atoms with Gasteiger partial charge in [-0.1, -0.05) is 11.6 Å². The molecule has 0 aliphatic rings. The van der Waals surface area contributed by atoms with Gasteiger partial charge in [-0.2, -0.15) is 0 Å². The van der Waals surface area contributed by atoms with Crippen LogP contribution in [0.3, 0.4) is 0 Å². The van der Waals surface area contributed by atoms with Crippen molar-refractivity contribution in [3.63, 3.8) is 0 Å². The fourth-order valence-corrected chi connectivity index (χ4v) is 1.49. The molecule has 1 heterocycles. The van der Waals surface area contributed by atoms with Gasteiger partial charge in [0.2, 0.25) is 0 Å². The van der Waals surface area contributed by atoms with Crippen LogP contribution in [0.1, 0.15) is 12.5 Å². The fourth-order valence-electron chi connectivity index (χ4n) is 1.33. The minimum Gasteiger partial charge on any atom is -0.468 e. The predicted molar refractivity (Wildman–Crippen MR) is 65.7 cm³/mol. The number of benzene rings is 1. The SMILES string of the molecule is CCOC=O.Cc1c(Cl)ccc2[nH]ccc12. The number of rotatable bonds is 2. The van der Waals surface area contributed by atoms with Crippen LogP contribution in [0, 0.1) is 6.92 Å². The Morgan fingerprint density at radius 3 is 2.75 bits per heavy atom. The van der Waals surface area contributed by atoms with Crippen LogP contribution in [0.4, 0.5) is 0 Å². The number of H-pyrrole nitrogens is 1. The molecule has 86 valence electrons. The van der Waals surface area contributed by atoms with E-state index in [1.54, 1.807) is 6.92 Å². The van der Waals surface area contributed by atoms with Gasteiger partial charge >= 0.3 is 0 Å². The molecule has 4 heteroatoms. The molecular formula is C12H14ClNO2. The van der Waals surface area contributed by atoms with Crippen LogP contribution in [0.2, 0.25) is 5.02 Å². The average Bonchev–Trinajstić information content (AvgIpc) is 2.74. The number of carbonyl (C=O) groups excluding carboxylic acids is 1. The number of halogens is 1. The maximum Gasteiger partial charge on any atom is 0.293 e. The van der Waals surface area contributed by atoms with Crippen molar-refractivity contribution >= 4 is 29.0 Å². The largest absolute Gasteiger partial charge is 0.468 e. The van der Waals surface area contributed by atoms with E-state index in [1.807, 2.05) is 31.3 Å². The smallest absolute Gasteiger partial charge is 0.293 e. The van der Waals surface area contributed by atoms with Crippen molar-refractivity contribution in [3.8, 4) is 0 Å². The van der Waals surface area contributed by atoms with Crippen molar-refractivity contribution < 1.29 is 9.53 Å². The lowest BCUT2D eigenvalue weighted by Crippen LogP contribution is -1.80. The van der Waals surface area contributed by atoms with E-state index >= 15 is 0 Å². The van der Waals surface area contributed by atoms with Crippen LogP contribution in [-0.2, 0) is 9.53 Å². The van der Waals surface area contributed by atoms with Crippen LogP contribution in [0.15, 0.2) is 24.4 Å². The second-order valence-corrected chi connectivity index (χ2v) is 3.57. The van der Waals surface area contributed by atoms with Crippen molar-refractivity contribution in [1.29, 1.82) is 0 Å². The first-order valence-electron chi connectivity index (χ1n) is 4.98. The van der Waals surface area contributed by atoms with Gasteiger partial charge < -0.3 is 9.72 Å². The minimum atomic E-state index is 0.431. The summed E-state index contributed by atoms with van der Waals surface area (Å²) in [6.07, 6.45) is 1.92. The standard InChI is InChI=1S/C9H8ClN.C3H6O2/c1-6-7-4-5-11-9(7)3-2-8(6)10;1-2-5-3-4/h2-5,11H,1H3;3H,2H2,1H3. The third-order valence-electron chi connectivity index (χ3n) is 2.17. The summed E-state index contributed by atoms with van der Waals surface area (Å²) in [7, 11) is 0. The first-order chi connectivity index (χ1) is 7.70. The number of aromatic amines is 1. The van der Waals surface area contributed by atoms with Gasteiger partial charge in [0.25, 0.3) is 6.47 Å².